The molecule has 9 rings (SSSR count). The molecule has 5 aromatic carbocycles. The maximum absolute atomic E-state index is 5.09. The molecule has 1 aliphatic rings. The molecule has 57 heavy (non-hydrogen) atoms. The molecule has 0 saturated heterocycles. The molecule has 4 nitrogen and oxygen atoms in total. The number of aromatic nitrogens is 4. The number of hydrogen-bond acceptors (Lipinski definition) is 3. The van der Waals surface area contributed by atoms with E-state index in [9.17, 15) is 0 Å². The van der Waals surface area contributed by atoms with E-state index in [-0.39, 0.29) is 25.5 Å². The van der Waals surface area contributed by atoms with E-state index in [1.54, 1.807) is 12.4 Å². The van der Waals surface area contributed by atoms with Crippen LogP contribution in [0.25, 0.3) is 61.6 Å². The minimum atomic E-state index is -1.87. The van der Waals surface area contributed by atoms with Crippen LogP contribution in [0.3, 0.4) is 0 Å². The predicted octanol–water partition coefficient (Wildman–Crippen LogP) is 12.2. The maximum Gasteiger partial charge on any atom is 0.0774 e. The van der Waals surface area contributed by atoms with Crippen molar-refractivity contribution in [3.63, 3.8) is 0 Å². The van der Waals surface area contributed by atoms with Crippen molar-refractivity contribution in [3.05, 3.63) is 175 Å². The minimum absolute atomic E-state index is 0. The second-order valence-electron chi connectivity index (χ2n) is 16.7. The molecule has 0 spiro atoms. The number of imidazole rings is 1. The third-order valence-electron chi connectivity index (χ3n) is 10.9. The van der Waals surface area contributed by atoms with Crippen LogP contribution in [0, 0.1) is 18.1 Å². The summed E-state index contributed by atoms with van der Waals surface area (Å²) in [5.41, 5.74) is 15.3. The Morgan fingerprint density at radius 3 is 2.14 bits per heavy atom. The first-order valence-corrected chi connectivity index (χ1v) is 26.9. The Morgan fingerprint density at radius 1 is 0.719 bits per heavy atom. The van der Waals surface area contributed by atoms with E-state index in [2.05, 4.69) is 193 Å². The summed E-state index contributed by atoms with van der Waals surface area (Å²) in [6.45, 7) is 9.15. The van der Waals surface area contributed by atoms with Gasteiger partial charge in [0.05, 0.1) is 16.9 Å². The number of hydrogen-bond donors (Lipinski definition) is 0. The zero-order valence-corrected chi connectivity index (χ0v) is 38.3. The molecule has 1 radical (unpaired) electrons. The van der Waals surface area contributed by atoms with Gasteiger partial charge in [-0.05, 0) is 51.9 Å². The van der Waals surface area contributed by atoms with Gasteiger partial charge in [0.1, 0.15) is 0 Å². The van der Waals surface area contributed by atoms with Crippen LogP contribution in [0.4, 0.5) is 0 Å². The van der Waals surface area contributed by atoms with Gasteiger partial charge in [0.2, 0.25) is 0 Å². The van der Waals surface area contributed by atoms with Crippen molar-refractivity contribution >= 4 is 28.7 Å². The molecule has 0 aliphatic heterocycles. The Balaban J connectivity index is 0.000000202. The van der Waals surface area contributed by atoms with Crippen molar-refractivity contribution in [3.8, 4) is 50.6 Å². The van der Waals surface area contributed by atoms with E-state index in [1.165, 1.54) is 43.3 Å². The summed E-state index contributed by atoms with van der Waals surface area (Å²) in [6, 6.07) is 51.8. The molecule has 6 heteroatoms. The zero-order chi connectivity index (χ0) is 39.0. The number of rotatable bonds is 7. The van der Waals surface area contributed by atoms with Crippen LogP contribution in [0.1, 0.15) is 44.4 Å². The number of fused-ring (bicyclic) bond motifs is 4. The van der Waals surface area contributed by atoms with Crippen LogP contribution < -0.4 is 4.40 Å². The van der Waals surface area contributed by atoms with Crippen molar-refractivity contribution < 1.29 is 20.1 Å². The summed E-state index contributed by atoms with van der Waals surface area (Å²) in [5.74, 6) is 8.86. The van der Waals surface area contributed by atoms with Gasteiger partial charge in [-0.1, -0.05) is 98.3 Å². The van der Waals surface area contributed by atoms with Gasteiger partial charge in [0.25, 0.3) is 0 Å². The molecule has 0 saturated carbocycles. The summed E-state index contributed by atoms with van der Waals surface area (Å²) < 4.78 is 3.78. The third-order valence-corrected chi connectivity index (χ3v) is 15.2. The van der Waals surface area contributed by atoms with Crippen LogP contribution in [0.15, 0.2) is 146 Å². The molecule has 3 heterocycles. The molecular weight excluding hydrogens is 933 g/mol. The van der Waals surface area contributed by atoms with Crippen LogP contribution in [-0.2, 0) is 31.9 Å². The molecular formula is C51H48GeIrN4-2. The van der Waals surface area contributed by atoms with Gasteiger partial charge in [-0.25, -0.2) is 0 Å². The van der Waals surface area contributed by atoms with E-state index in [4.69, 9.17) is 4.98 Å². The standard InChI is InChI=1S/C34H25N2.C17H23GeN2.Ir/c1-34(2)29-13-7-6-12-27(29)28-22-25(18-21-30(28)34)33-35-31-14-8-9-15-32(31)36(33)26-19-16-24(17-20-26)23-10-4-3-5-11-23;1-13(2)10-15-11-17(14-6-8-19-9-7-14)20-12-16(15)18(3,4)5;/h3-17,19-22H,1-2H3;6,8-9,11-13H,10H2,1-5H3;/q2*-1;. The largest absolute Gasteiger partial charge is 0.333 e. The Bertz CT molecular complexity index is 2640. The second kappa shape index (κ2) is 16.5. The topological polar surface area (TPSA) is 43.6 Å². The molecule has 0 fully saturated rings. The van der Waals surface area contributed by atoms with E-state index in [1.807, 2.05) is 12.1 Å². The first-order chi connectivity index (χ1) is 27.0. The van der Waals surface area contributed by atoms with Gasteiger partial charge in [-0.2, -0.15) is 0 Å². The molecule has 0 N–H and O–H groups in total. The molecule has 0 bridgehead atoms. The fraction of sp³-hybridized carbons (Fsp3) is 0.196. The van der Waals surface area contributed by atoms with Gasteiger partial charge in [-0.3, -0.25) is 4.98 Å². The van der Waals surface area contributed by atoms with E-state index in [0.717, 1.165) is 45.8 Å². The van der Waals surface area contributed by atoms with Gasteiger partial charge in [0.15, 0.2) is 0 Å². The first kappa shape index (κ1) is 40.3. The number of nitrogens with zero attached hydrogens (tertiary/aromatic N) is 4. The quantitative estimate of drug-likeness (QED) is 0.118. The van der Waals surface area contributed by atoms with Gasteiger partial charge < -0.3 is 4.57 Å². The van der Waals surface area contributed by atoms with E-state index >= 15 is 0 Å². The number of pyridine rings is 2. The molecule has 8 aromatic rings. The molecule has 1 aliphatic carbocycles. The van der Waals surface area contributed by atoms with Gasteiger partial charge in [0, 0.05) is 25.8 Å². The smallest absolute Gasteiger partial charge is 0.0774 e. The van der Waals surface area contributed by atoms with E-state index in [0.29, 0.717) is 5.92 Å². The van der Waals surface area contributed by atoms with Crippen molar-refractivity contribution in [2.45, 2.75) is 56.8 Å². The maximum atomic E-state index is 5.09. The first-order valence-electron chi connectivity index (χ1n) is 19.6. The van der Waals surface area contributed by atoms with Gasteiger partial charge >= 0.3 is 125 Å². The molecule has 287 valence electrons. The summed E-state index contributed by atoms with van der Waals surface area (Å²) >= 11 is -1.87. The molecule has 0 amide bonds. The Kier molecular flexibility index (Phi) is 11.7. The van der Waals surface area contributed by atoms with Crippen LogP contribution in [0.5, 0.6) is 0 Å². The third kappa shape index (κ3) is 8.12. The van der Waals surface area contributed by atoms with Crippen molar-refractivity contribution in [2.24, 2.45) is 5.92 Å². The fourth-order valence-electron chi connectivity index (χ4n) is 8.07. The van der Waals surface area contributed by atoms with Crippen molar-refractivity contribution in [1.82, 2.24) is 19.5 Å². The van der Waals surface area contributed by atoms with E-state index < -0.39 is 13.3 Å². The van der Waals surface area contributed by atoms with Crippen LogP contribution in [0.2, 0.25) is 17.3 Å². The average Bonchev–Trinajstić information content (AvgIpc) is 3.71. The second-order valence-corrected chi connectivity index (χ2v) is 27.3. The normalized spacial score (nSPS) is 12.7. The minimum Gasteiger partial charge on any atom is -0.333 e. The van der Waals surface area contributed by atoms with Crippen LogP contribution >= 0.6 is 0 Å². The monoisotopic (exact) mass is 983 g/mol. The van der Waals surface area contributed by atoms with Crippen molar-refractivity contribution in [2.75, 3.05) is 0 Å². The van der Waals surface area contributed by atoms with Crippen molar-refractivity contribution in [1.29, 1.82) is 0 Å². The SMILES string of the molecule is CC(C)Cc1cc(-c2[c-]cncc2)nc[c]1[Ge]([CH3])([CH3])[CH3].CC1(C)c2c[c-]c(-c3nc4ccccc4n3-c3ccc(-c4ccccc4)cc3)cc2-c2ccccc21.[Ir]. The summed E-state index contributed by atoms with van der Waals surface area (Å²) in [7, 11) is 0. The Morgan fingerprint density at radius 2 is 1.42 bits per heavy atom. The fourth-order valence-corrected chi connectivity index (χ4v) is 11.4. The Hall–Kier alpha value is -4.94. The van der Waals surface area contributed by atoms with Crippen LogP contribution in [-0.4, -0.2) is 32.8 Å². The summed E-state index contributed by atoms with van der Waals surface area (Å²) in [5, 5.41) is 0. The molecule has 0 atom stereocenters. The summed E-state index contributed by atoms with van der Waals surface area (Å²) in [6.07, 6.45) is 6.74. The summed E-state index contributed by atoms with van der Waals surface area (Å²) in [4.78, 5) is 13.8. The number of para-hydroxylation sites is 2. The van der Waals surface area contributed by atoms with Gasteiger partial charge in [-0.15, -0.1) is 29.3 Å². The zero-order valence-electron chi connectivity index (χ0n) is 33.8. The molecule has 0 unspecified atom stereocenters. The average molecular weight is 982 g/mol. The Labute approximate surface area is 354 Å². The molecule has 3 aromatic heterocycles. The predicted molar refractivity (Wildman–Crippen MR) is 236 cm³/mol. The number of benzene rings is 5.